The van der Waals surface area contributed by atoms with Gasteiger partial charge in [-0.2, -0.15) is 0 Å². The minimum Gasteiger partial charge on any atom is -0.490 e. The summed E-state index contributed by atoms with van der Waals surface area (Å²) in [5.41, 5.74) is 1.63. The summed E-state index contributed by atoms with van der Waals surface area (Å²) in [6.45, 7) is 1.38. The molecule has 1 heterocycles. The van der Waals surface area contributed by atoms with E-state index >= 15 is 0 Å². The number of ether oxygens (including phenoxy) is 1. The highest BCUT2D eigenvalue weighted by molar-refractivity contribution is 5.93. The molecule has 2 rings (SSSR count). The van der Waals surface area contributed by atoms with Crippen LogP contribution < -0.4 is 9.64 Å². The maximum atomic E-state index is 10.8. The highest BCUT2D eigenvalue weighted by Crippen LogP contribution is 2.32. The van der Waals surface area contributed by atoms with E-state index in [4.69, 9.17) is 4.74 Å². The van der Waals surface area contributed by atoms with Gasteiger partial charge in [0.2, 0.25) is 0 Å². The first-order valence-corrected chi connectivity index (χ1v) is 4.68. The molecule has 0 bridgehead atoms. The van der Waals surface area contributed by atoms with Crippen molar-refractivity contribution in [1.29, 1.82) is 0 Å². The summed E-state index contributed by atoms with van der Waals surface area (Å²) in [4.78, 5) is 23.5. The largest absolute Gasteiger partial charge is 0.490 e. The van der Waals surface area contributed by atoms with Crippen molar-refractivity contribution in [2.24, 2.45) is 0 Å². The van der Waals surface area contributed by atoms with Crippen LogP contribution in [0.3, 0.4) is 0 Å². The van der Waals surface area contributed by atoms with E-state index in [-0.39, 0.29) is 0 Å². The predicted octanol–water partition coefficient (Wildman–Crippen LogP) is 1.14. The molecular weight excluding hydrogens is 194 g/mol. The fourth-order valence-corrected chi connectivity index (χ4v) is 1.63. The van der Waals surface area contributed by atoms with E-state index in [1.807, 2.05) is 11.9 Å². The maximum absolute atomic E-state index is 10.8. The van der Waals surface area contributed by atoms with Crippen LogP contribution in [0.5, 0.6) is 5.75 Å². The van der Waals surface area contributed by atoms with Crippen LogP contribution in [0.4, 0.5) is 5.69 Å². The molecule has 78 valence electrons. The fourth-order valence-electron chi connectivity index (χ4n) is 1.63. The van der Waals surface area contributed by atoms with Gasteiger partial charge in [-0.15, -0.1) is 0 Å². The lowest BCUT2D eigenvalue weighted by atomic mass is 10.1. The highest BCUT2D eigenvalue weighted by atomic mass is 16.5. The van der Waals surface area contributed by atoms with Crippen LogP contribution in [0.25, 0.3) is 0 Å². The van der Waals surface area contributed by atoms with Gasteiger partial charge in [-0.3, -0.25) is 9.59 Å². The predicted molar refractivity (Wildman–Crippen MR) is 56.0 cm³/mol. The Balaban J connectivity index is 2.57. The van der Waals surface area contributed by atoms with Gasteiger partial charge in [-0.25, -0.2) is 0 Å². The van der Waals surface area contributed by atoms with Gasteiger partial charge in [0.15, 0.2) is 12.6 Å². The molecule has 0 N–H and O–H groups in total. The van der Waals surface area contributed by atoms with E-state index in [0.29, 0.717) is 36.1 Å². The summed E-state index contributed by atoms with van der Waals surface area (Å²) in [5, 5.41) is 0. The number of anilines is 1. The Morgan fingerprint density at radius 2 is 1.93 bits per heavy atom. The van der Waals surface area contributed by atoms with Crippen LogP contribution in [-0.4, -0.2) is 32.8 Å². The number of benzene rings is 1. The number of carbonyl (C=O) groups is 2. The van der Waals surface area contributed by atoms with E-state index in [1.54, 1.807) is 12.1 Å². The zero-order chi connectivity index (χ0) is 10.8. The molecule has 1 aliphatic rings. The normalized spacial score (nSPS) is 14.1. The lowest BCUT2D eigenvalue weighted by Gasteiger charge is -2.28. The van der Waals surface area contributed by atoms with Gasteiger partial charge in [0.25, 0.3) is 0 Å². The number of rotatable bonds is 2. The summed E-state index contributed by atoms with van der Waals surface area (Å²) in [5.74, 6) is 0.663. The number of aldehydes is 2. The number of likely N-dealkylation sites (N-methyl/N-ethyl adjacent to an activating group) is 1. The summed E-state index contributed by atoms with van der Waals surface area (Å²) in [6.07, 6.45) is 1.36. The van der Waals surface area contributed by atoms with Crippen LogP contribution in [-0.2, 0) is 0 Å². The van der Waals surface area contributed by atoms with Crippen molar-refractivity contribution in [2.45, 2.75) is 0 Å². The minimum absolute atomic E-state index is 0.374. The number of carbonyl (C=O) groups excluding carboxylic acids is 2. The standard InChI is InChI=1S/C11H11NO3/c1-12-2-3-15-11-5-9(7-14)8(6-13)4-10(11)12/h4-7H,2-3H2,1H3. The monoisotopic (exact) mass is 205 g/mol. The first kappa shape index (κ1) is 9.71. The molecule has 0 unspecified atom stereocenters. The molecule has 15 heavy (non-hydrogen) atoms. The molecule has 1 aromatic carbocycles. The van der Waals surface area contributed by atoms with Crippen molar-refractivity contribution in [3.8, 4) is 5.75 Å². The topological polar surface area (TPSA) is 46.6 Å². The molecule has 1 aromatic rings. The summed E-state index contributed by atoms with van der Waals surface area (Å²) in [7, 11) is 1.93. The van der Waals surface area contributed by atoms with Gasteiger partial charge in [-0.1, -0.05) is 0 Å². The molecule has 0 atom stereocenters. The lowest BCUT2D eigenvalue weighted by Crippen LogP contribution is -2.29. The van der Waals surface area contributed by atoms with Crippen molar-refractivity contribution >= 4 is 18.3 Å². The second kappa shape index (κ2) is 3.73. The maximum Gasteiger partial charge on any atom is 0.150 e. The van der Waals surface area contributed by atoms with Crippen molar-refractivity contribution in [1.82, 2.24) is 0 Å². The third-order valence-electron chi connectivity index (χ3n) is 2.51. The molecule has 0 fully saturated rings. The number of fused-ring (bicyclic) bond motifs is 1. The Hall–Kier alpha value is -1.84. The number of nitrogens with zero attached hydrogens (tertiary/aromatic N) is 1. The molecule has 4 nitrogen and oxygen atoms in total. The number of hydrogen-bond donors (Lipinski definition) is 0. The van der Waals surface area contributed by atoms with E-state index in [9.17, 15) is 9.59 Å². The second-order valence-electron chi connectivity index (χ2n) is 3.45. The van der Waals surface area contributed by atoms with Crippen LogP contribution in [0, 0.1) is 0 Å². The Labute approximate surface area is 87.4 Å². The van der Waals surface area contributed by atoms with E-state index in [0.717, 1.165) is 12.2 Å². The van der Waals surface area contributed by atoms with Crippen molar-refractivity contribution < 1.29 is 14.3 Å². The van der Waals surface area contributed by atoms with Gasteiger partial charge in [0.05, 0.1) is 12.2 Å². The SMILES string of the molecule is CN1CCOc2cc(C=O)c(C=O)cc21. The van der Waals surface area contributed by atoms with Crippen LogP contribution in [0.1, 0.15) is 20.7 Å². The van der Waals surface area contributed by atoms with Crippen LogP contribution >= 0.6 is 0 Å². The molecule has 1 aliphatic heterocycles. The second-order valence-corrected chi connectivity index (χ2v) is 3.45. The Morgan fingerprint density at radius 3 is 2.60 bits per heavy atom. The van der Waals surface area contributed by atoms with Gasteiger partial charge in [0, 0.05) is 18.2 Å². The molecule has 0 spiro atoms. The van der Waals surface area contributed by atoms with E-state index in [1.165, 1.54) is 0 Å². The van der Waals surface area contributed by atoms with Crippen molar-refractivity contribution in [3.63, 3.8) is 0 Å². The molecule has 0 saturated carbocycles. The van der Waals surface area contributed by atoms with Crippen LogP contribution in [0.15, 0.2) is 12.1 Å². The Kier molecular flexibility index (Phi) is 2.41. The average molecular weight is 205 g/mol. The minimum atomic E-state index is 0.374. The van der Waals surface area contributed by atoms with Gasteiger partial charge < -0.3 is 9.64 Å². The smallest absolute Gasteiger partial charge is 0.150 e. The van der Waals surface area contributed by atoms with Crippen LogP contribution in [0.2, 0.25) is 0 Å². The third kappa shape index (κ3) is 1.58. The first-order valence-electron chi connectivity index (χ1n) is 4.68. The zero-order valence-electron chi connectivity index (χ0n) is 8.40. The summed E-state index contributed by atoms with van der Waals surface area (Å²) in [6, 6.07) is 3.30. The molecule has 0 amide bonds. The zero-order valence-corrected chi connectivity index (χ0v) is 8.40. The first-order chi connectivity index (χ1) is 7.26. The van der Waals surface area contributed by atoms with Gasteiger partial charge in [0.1, 0.15) is 12.4 Å². The molecule has 0 radical (unpaired) electrons. The van der Waals surface area contributed by atoms with Crippen molar-refractivity contribution in [3.05, 3.63) is 23.3 Å². The molecular formula is C11H11NO3. The highest BCUT2D eigenvalue weighted by Gasteiger charge is 2.17. The Morgan fingerprint density at radius 1 is 1.27 bits per heavy atom. The van der Waals surface area contributed by atoms with E-state index in [2.05, 4.69) is 0 Å². The molecule has 4 heteroatoms. The lowest BCUT2D eigenvalue weighted by molar-refractivity contribution is 0.109. The van der Waals surface area contributed by atoms with Gasteiger partial charge >= 0.3 is 0 Å². The summed E-state index contributed by atoms with van der Waals surface area (Å²) < 4.78 is 5.42. The molecule has 0 saturated heterocycles. The molecule has 0 aromatic heterocycles. The van der Waals surface area contributed by atoms with E-state index < -0.39 is 0 Å². The summed E-state index contributed by atoms with van der Waals surface area (Å²) >= 11 is 0. The average Bonchev–Trinajstić information content (AvgIpc) is 2.28. The Bertz CT molecular complexity index is 415. The number of hydrogen-bond acceptors (Lipinski definition) is 4. The quantitative estimate of drug-likeness (QED) is 0.679. The van der Waals surface area contributed by atoms with Gasteiger partial charge in [-0.05, 0) is 12.1 Å². The third-order valence-corrected chi connectivity index (χ3v) is 2.51. The van der Waals surface area contributed by atoms with Crippen molar-refractivity contribution in [2.75, 3.05) is 25.1 Å². The molecule has 0 aliphatic carbocycles. The fraction of sp³-hybridized carbons (Fsp3) is 0.273.